The van der Waals surface area contributed by atoms with Crippen LogP contribution in [0.3, 0.4) is 0 Å². The predicted molar refractivity (Wildman–Crippen MR) is 91.4 cm³/mol. The van der Waals surface area contributed by atoms with Gasteiger partial charge in [-0.1, -0.05) is 23.3 Å². The van der Waals surface area contributed by atoms with Gasteiger partial charge < -0.3 is 14.8 Å². The third-order valence-electron chi connectivity index (χ3n) is 3.61. The number of rotatable bonds is 5. The average molecular weight is 327 g/mol. The van der Waals surface area contributed by atoms with E-state index >= 15 is 0 Å². The van der Waals surface area contributed by atoms with Crippen LogP contribution in [-0.2, 0) is 11.3 Å². The second kappa shape index (κ2) is 7.64. The number of carbonyl (C=O) groups excluding carboxylic acids is 2. The zero-order valence-electron chi connectivity index (χ0n) is 14.3. The number of aryl methyl sites for hydroxylation is 2. The molecule has 5 heteroatoms. The molecule has 0 heterocycles. The Balaban J connectivity index is 2.14. The van der Waals surface area contributed by atoms with Gasteiger partial charge in [0, 0.05) is 12.1 Å². The highest BCUT2D eigenvalue weighted by atomic mass is 16.5. The summed E-state index contributed by atoms with van der Waals surface area (Å²) in [6.07, 6.45) is 0. The van der Waals surface area contributed by atoms with E-state index in [-0.39, 0.29) is 5.91 Å². The molecule has 0 saturated heterocycles. The Morgan fingerprint density at radius 2 is 1.67 bits per heavy atom. The highest BCUT2D eigenvalue weighted by molar-refractivity contribution is 5.95. The van der Waals surface area contributed by atoms with Gasteiger partial charge >= 0.3 is 5.97 Å². The van der Waals surface area contributed by atoms with Gasteiger partial charge in [-0.3, -0.25) is 4.79 Å². The molecule has 0 spiro atoms. The van der Waals surface area contributed by atoms with Gasteiger partial charge in [0.1, 0.15) is 11.3 Å². The van der Waals surface area contributed by atoms with Gasteiger partial charge in [-0.15, -0.1) is 0 Å². The normalized spacial score (nSPS) is 10.2. The number of esters is 1. The lowest BCUT2D eigenvalue weighted by atomic mass is 10.1. The quantitative estimate of drug-likeness (QED) is 0.857. The van der Waals surface area contributed by atoms with Crippen LogP contribution in [-0.4, -0.2) is 26.1 Å². The minimum atomic E-state index is -0.477. The highest BCUT2D eigenvalue weighted by Gasteiger charge is 2.14. The first-order valence-electron chi connectivity index (χ1n) is 7.56. The Morgan fingerprint density at radius 3 is 2.25 bits per heavy atom. The van der Waals surface area contributed by atoms with Crippen molar-refractivity contribution in [1.29, 1.82) is 0 Å². The van der Waals surface area contributed by atoms with E-state index < -0.39 is 5.97 Å². The fourth-order valence-electron chi connectivity index (χ4n) is 2.52. The van der Waals surface area contributed by atoms with Crippen LogP contribution in [0.1, 0.15) is 37.4 Å². The van der Waals surface area contributed by atoms with Crippen molar-refractivity contribution in [3.63, 3.8) is 0 Å². The molecule has 0 unspecified atom stereocenters. The fraction of sp³-hybridized carbons (Fsp3) is 0.263. The minimum absolute atomic E-state index is 0.155. The van der Waals surface area contributed by atoms with Gasteiger partial charge in [-0.05, 0) is 43.7 Å². The van der Waals surface area contributed by atoms with Crippen LogP contribution in [0.2, 0.25) is 0 Å². The van der Waals surface area contributed by atoms with Crippen molar-refractivity contribution in [2.45, 2.75) is 20.4 Å². The predicted octanol–water partition coefficient (Wildman–Crippen LogP) is 3.03. The van der Waals surface area contributed by atoms with Gasteiger partial charge in [0.2, 0.25) is 0 Å². The van der Waals surface area contributed by atoms with Gasteiger partial charge in [0.25, 0.3) is 5.91 Å². The van der Waals surface area contributed by atoms with E-state index in [1.165, 1.54) is 14.2 Å². The Morgan fingerprint density at radius 1 is 1.00 bits per heavy atom. The summed E-state index contributed by atoms with van der Waals surface area (Å²) in [5, 5.41) is 2.86. The van der Waals surface area contributed by atoms with Gasteiger partial charge in [0.05, 0.1) is 14.2 Å². The molecule has 2 aromatic rings. The standard InChI is InChI=1S/C19H21NO4/c1-12-7-13(2)9-15(8-12)18(21)20-11-14-5-6-17(23-3)16(10-14)19(22)24-4/h5-10H,11H2,1-4H3,(H,20,21). The number of amides is 1. The summed E-state index contributed by atoms with van der Waals surface area (Å²) in [7, 11) is 2.81. The maximum Gasteiger partial charge on any atom is 0.341 e. The Hall–Kier alpha value is -2.82. The van der Waals surface area contributed by atoms with E-state index in [0.29, 0.717) is 23.4 Å². The fourth-order valence-corrected chi connectivity index (χ4v) is 2.52. The molecule has 1 N–H and O–H groups in total. The number of methoxy groups -OCH3 is 2. The second-order valence-corrected chi connectivity index (χ2v) is 5.59. The number of hydrogen-bond acceptors (Lipinski definition) is 4. The first kappa shape index (κ1) is 17.5. The van der Waals surface area contributed by atoms with Crippen molar-refractivity contribution < 1.29 is 19.1 Å². The van der Waals surface area contributed by atoms with E-state index in [1.807, 2.05) is 32.0 Å². The van der Waals surface area contributed by atoms with Crippen LogP contribution in [0.4, 0.5) is 0 Å². The van der Waals surface area contributed by atoms with E-state index in [9.17, 15) is 9.59 Å². The molecule has 5 nitrogen and oxygen atoms in total. The van der Waals surface area contributed by atoms with E-state index in [4.69, 9.17) is 9.47 Å². The summed E-state index contributed by atoms with van der Waals surface area (Å²) in [6, 6.07) is 10.8. The molecule has 0 atom stereocenters. The van der Waals surface area contributed by atoms with Crippen LogP contribution >= 0.6 is 0 Å². The van der Waals surface area contributed by atoms with Crippen molar-refractivity contribution in [3.05, 3.63) is 64.2 Å². The topological polar surface area (TPSA) is 64.6 Å². The summed E-state index contributed by atoms with van der Waals surface area (Å²) >= 11 is 0. The average Bonchev–Trinajstić information content (AvgIpc) is 2.57. The first-order chi connectivity index (χ1) is 11.4. The minimum Gasteiger partial charge on any atom is -0.496 e. The maximum absolute atomic E-state index is 12.3. The van der Waals surface area contributed by atoms with Crippen LogP contribution in [0, 0.1) is 13.8 Å². The summed E-state index contributed by atoms with van der Waals surface area (Å²) in [5.74, 6) is -0.196. The molecule has 0 aliphatic carbocycles. The first-order valence-corrected chi connectivity index (χ1v) is 7.56. The molecule has 0 aliphatic heterocycles. The molecule has 2 rings (SSSR count). The lowest BCUT2D eigenvalue weighted by Gasteiger charge is -2.11. The van der Waals surface area contributed by atoms with Crippen molar-refractivity contribution in [3.8, 4) is 5.75 Å². The van der Waals surface area contributed by atoms with Crippen molar-refractivity contribution in [2.75, 3.05) is 14.2 Å². The van der Waals surface area contributed by atoms with Crippen LogP contribution in [0.25, 0.3) is 0 Å². The molecule has 0 radical (unpaired) electrons. The smallest absolute Gasteiger partial charge is 0.341 e. The van der Waals surface area contributed by atoms with Crippen molar-refractivity contribution in [1.82, 2.24) is 5.32 Å². The molecule has 0 saturated carbocycles. The summed E-state index contributed by atoms with van der Waals surface area (Å²) in [5.41, 5.74) is 3.82. The highest BCUT2D eigenvalue weighted by Crippen LogP contribution is 2.21. The van der Waals surface area contributed by atoms with Gasteiger partial charge in [-0.2, -0.15) is 0 Å². The number of benzene rings is 2. The van der Waals surface area contributed by atoms with E-state index in [1.54, 1.807) is 18.2 Å². The number of carbonyl (C=O) groups is 2. The molecule has 126 valence electrons. The summed E-state index contributed by atoms with van der Waals surface area (Å²) in [4.78, 5) is 24.1. The van der Waals surface area contributed by atoms with E-state index in [2.05, 4.69) is 5.32 Å². The molecular weight excluding hydrogens is 306 g/mol. The molecule has 24 heavy (non-hydrogen) atoms. The maximum atomic E-state index is 12.3. The number of hydrogen-bond donors (Lipinski definition) is 1. The molecular formula is C19H21NO4. The lowest BCUT2D eigenvalue weighted by Crippen LogP contribution is -2.23. The molecule has 2 aromatic carbocycles. The van der Waals surface area contributed by atoms with Crippen molar-refractivity contribution >= 4 is 11.9 Å². The molecule has 0 bridgehead atoms. The van der Waals surface area contributed by atoms with Crippen LogP contribution < -0.4 is 10.1 Å². The zero-order chi connectivity index (χ0) is 17.7. The molecule has 0 aliphatic rings. The van der Waals surface area contributed by atoms with Gasteiger partial charge in [-0.25, -0.2) is 4.79 Å². The SMILES string of the molecule is COC(=O)c1cc(CNC(=O)c2cc(C)cc(C)c2)ccc1OC. The third-order valence-corrected chi connectivity index (χ3v) is 3.61. The molecule has 0 fully saturated rings. The Bertz CT molecular complexity index is 748. The number of nitrogens with one attached hydrogen (secondary N) is 1. The Labute approximate surface area is 141 Å². The summed E-state index contributed by atoms with van der Waals surface area (Å²) in [6.45, 7) is 4.21. The zero-order valence-corrected chi connectivity index (χ0v) is 14.3. The largest absolute Gasteiger partial charge is 0.496 e. The van der Waals surface area contributed by atoms with Crippen molar-refractivity contribution in [2.24, 2.45) is 0 Å². The van der Waals surface area contributed by atoms with E-state index in [0.717, 1.165) is 16.7 Å². The summed E-state index contributed by atoms with van der Waals surface area (Å²) < 4.78 is 9.91. The monoisotopic (exact) mass is 327 g/mol. The molecule has 1 amide bonds. The molecule has 0 aromatic heterocycles. The van der Waals surface area contributed by atoms with Crippen LogP contribution in [0.5, 0.6) is 5.75 Å². The van der Waals surface area contributed by atoms with Crippen LogP contribution in [0.15, 0.2) is 36.4 Å². The Kier molecular flexibility index (Phi) is 5.58. The second-order valence-electron chi connectivity index (χ2n) is 5.59. The van der Waals surface area contributed by atoms with Gasteiger partial charge in [0.15, 0.2) is 0 Å². The number of ether oxygens (including phenoxy) is 2. The lowest BCUT2D eigenvalue weighted by molar-refractivity contribution is 0.0597. The third kappa shape index (κ3) is 4.13.